The number of aromatic hydroxyl groups is 1. The molecule has 1 N–H and O–H groups in total. The molecule has 2 aromatic heterocycles. The highest BCUT2D eigenvalue weighted by molar-refractivity contribution is 5.66. The number of imidazole rings is 1. The summed E-state index contributed by atoms with van der Waals surface area (Å²) in [6.45, 7) is 0. The molecular weight excluding hydrogens is 335 g/mol. The molecule has 1 aromatic carbocycles. The standard InChI is InChI=1S/C18H19FN6O/c1-24(15-4-2-3-14(15)19)17-10-21-18(23-22-17)13-6-5-12(9-16(13)26)25-8-7-20-11-25/h5-11,14-15,26H,2-4H2,1H3/t14-,15+/m0/s1. The largest absolute Gasteiger partial charge is 0.507 e. The van der Waals surface area contributed by atoms with E-state index in [4.69, 9.17) is 0 Å². The van der Waals surface area contributed by atoms with Crippen LogP contribution in [0.25, 0.3) is 17.1 Å². The molecule has 7 nitrogen and oxygen atoms in total. The number of hydrogen-bond donors (Lipinski definition) is 1. The molecule has 4 rings (SSSR count). The molecule has 1 aliphatic carbocycles. The van der Waals surface area contributed by atoms with E-state index in [-0.39, 0.29) is 11.8 Å². The van der Waals surface area contributed by atoms with Crippen molar-refractivity contribution < 1.29 is 9.50 Å². The van der Waals surface area contributed by atoms with E-state index in [2.05, 4.69) is 20.2 Å². The van der Waals surface area contributed by atoms with Crippen LogP contribution in [0.4, 0.5) is 10.2 Å². The fourth-order valence-corrected chi connectivity index (χ4v) is 3.34. The molecule has 8 heteroatoms. The van der Waals surface area contributed by atoms with Crippen molar-refractivity contribution in [3.05, 3.63) is 43.1 Å². The van der Waals surface area contributed by atoms with Gasteiger partial charge in [0.15, 0.2) is 11.6 Å². The molecule has 1 aliphatic rings. The Morgan fingerprint density at radius 3 is 2.77 bits per heavy atom. The lowest BCUT2D eigenvalue weighted by Gasteiger charge is -2.26. The summed E-state index contributed by atoms with van der Waals surface area (Å²) in [5.41, 5.74) is 1.27. The number of anilines is 1. The Kier molecular flexibility index (Phi) is 4.24. The Morgan fingerprint density at radius 1 is 1.27 bits per heavy atom. The SMILES string of the molecule is CN(c1cnc(-c2ccc(-n3ccnc3)cc2O)nn1)[C@@H]1CCC[C@@H]1F. The second-order valence-electron chi connectivity index (χ2n) is 6.44. The minimum Gasteiger partial charge on any atom is -0.507 e. The van der Waals surface area contributed by atoms with E-state index in [1.165, 1.54) is 0 Å². The molecule has 1 fully saturated rings. The molecule has 26 heavy (non-hydrogen) atoms. The van der Waals surface area contributed by atoms with Gasteiger partial charge in [0, 0.05) is 25.5 Å². The van der Waals surface area contributed by atoms with E-state index in [9.17, 15) is 9.50 Å². The Hall–Kier alpha value is -3.03. The van der Waals surface area contributed by atoms with Crippen LogP contribution in [-0.4, -0.2) is 49.1 Å². The third kappa shape index (κ3) is 2.98. The summed E-state index contributed by atoms with van der Waals surface area (Å²) in [6.07, 6.45) is 8.10. The van der Waals surface area contributed by atoms with Gasteiger partial charge in [0.1, 0.15) is 11.9 Å². The summed E-state index contributed by atoms with van der Waals surface area (Å²) < 4.78 is 15.7. The zero-order valence-electron chi connectivity index (χ0n) is 14.3. The molecule has 0 radical (unpaired) electrons. The van der Waals surface area contributed by atoms with Gasteiger partial charge in [-0.2, -0.15) is 0 Å². The highest BCUT2D eigenvalue weighted by Gasteiger charge is 2.31. The summed E-state index contributed by atoms with van der Waals surface area (Å²) in [5.74, 6) is 0.900. The first kappa shape index (κ1) is 16.4. The van der Waals surface area contributed by atoms with Crippen LogP contribution in [0.5, 0.6) is 5.75 Å². The minimum atomic E-state index is -0.846. The Bertz CT molecular complexity index is 883. The van der Waals surface area contributed by atoms with E-state index < -0.39 is 6.17 Å². The predicted octanol–water partition coefficient (Wildman–Crippen LogP) is 2.76. The van der Waals surface area contributed by atoms with Crippen LogP contribution >= 0.6 is 0 Å². The molecule has 0 spiro atoms. The molecule has 1 saturated carbocycles. The van der Waals surface area contributed by atoms with Gasteiger partial charge >= 0.3 is 0 Å². The number of alkyl halides is 1. The quantitative estimate of drug-likeness (QED) is 0.776. The van der Waals surface area contributed by atoms with Crippen LogP contribution in [0.1, 0.15) is 19.3 Å². The van der Waals surface area contributed by atoms with Crippen molar-refractivity contribution in [1.29, 1.82) is 0 Å². The third-order valence-electron chi connectivity index (χ3n) is 4.83. The Balaban J connectivity index is 1.57. The fraction of sp³-hybridized carbons (Fsp3) is 0.333. The molecular formula is C18H19FN6O. The lowest BCUT2D eigenvalue weighted by molar-refractivity contribution is 0.306. The van der Waals surface area contributed by atoms with Crippen molar-refractivity contribution >= 4 is 5.82 Å². The van der Waals surface area contributed by atoms with Gasteiger partial charge in [-0.15, -0.1) is 10.2 Å². The molecule has 2 atom stereocenters. The van der Waals surface area contributed by atoms with Gasteiger partial charge in [0.05, 0.1) is 29.8 Å². The van der Waals surface area contributed by atoms with Gasteiger partial charge in [-0.1, -0.05) is 0 Å². The van der Waals surface area contributed by atoms with E-state index in [0.29, 0.717) is 23.6 Å². The molecule has 0 aliphatic heterocycles. The summed E-state index contributed by atoms with van der Waals surface area (Å²) in [5, 5.41) is 18.6. The van der Waals surface area contributed by atoms with Gasteiger partial charge in [0.25, 0.3) is 0 Å². The van der Waals surface area contributed by atoms with Crippen molar-refractivity contribution in [1.82, 2.24) is 24.7 Å². The third-order valence-corrected chi connectivity index (χ3v) is 4.83. The number of hydrogen-bond acceptors (Lipinski definition) is 6. The first-order valence-electron chi connectivity index (χ1n) is 8.52. The molecule has 134 valence electrons. The van der Waals surface area contributed by atoms with Crippen LogP contribution in [0.2, 0.25) is 0 Å². The Morgan fingerprint density at radius 2 is 2.15 bits per heavy atom. The van der Waals surface area contributed by atoms with Crippen molar-refractivity contribution in [3.8, 4) is 22.8 Å². The monoisotopic (exact) mass is 354 g/mol. The number of aromatic nitrogens is 5. The topological polar surface area (TPSA) is 80.0 Å². The fourth-order valence-electron chi connectivity index (χ4n) is 3.34. The van der Waals surface area contributed by atoms with Gasteiger partial charge in [-0.3, -0.25) is 0 Å². The van der Waals surface area contributed by atoms with Gasteiger partial charge in [0.2, 0.25) is 0 Å². The van der Waals surface area contributed by atoms with Crippen LogP contribution in [-0.2, 0) is 0 Å². The molecule has 0 saturated heterocycles. The van der Waals surface area contributed by atoms with Crippen molar-refractivity contribution in [2.45, 2.75) is 31.5 Å². The van der Waals surface area contributed by atoms with E-state index >= 15 is 0 Å². The number of phenolic OH excluding ortho intramolecular Hbond substituents is 1. The molecule has 0 bridgehead atoms. The minimum absolute atomic E-state index is 0.0544. The number of benzene rings is 1. The van der Waals surface area contributed by atoms with Gasteiger partial charge < -0.3 is 14.6 Å². The van der Waals surface area contributed by atoms with Crippen LogP contribution in [0.3, 0.4) is 0 Å². The smallest absolute Gasteiger partial charge is 0.185 e. The van der Waals surface area contributed by atoms with Crippen LogP contribution in [0.15, 0.2) is 43.1 Å². The molecule has 0 amide bonds. The van der Waals surface area contributed by atoms with Crippen molar-refractivity contribution in [2.75, 3.05) is 11.9 Å². The molecule has 2 heterocycles. The second-order valence-corrected chi connectivity index (χ2v) is 6.44. The lowest BCUT2D eigenvalue weighted by atomic mass is 10.1. The van der Waals surface area contributed by atoms with Gasteiger partial charge in [-0.05, 0) is 31.4 Å². The van der Waals surface area contributed by atoms with Crippen molar-refractivity contribution in [3.63, 3.8) is 0 Å². The number of nitrogens with zero attached hydrogens (tertiary/aromatic N) is 6. The second kappa shape index (κ2) is 6.70. The van der Waals surface area contributed by atoms with Gasteiger partial charge in [-0.25, -0.2) is 14.4 Å². The summed E-state index contributed by atoms with van der Waals surface area (Å²) in [4.78, 5) is 10.1. The average Bonchev–Trinajstić information content (AvgIpc) is 3.33. The maximum Gasteiger partial charge on any atom is 0.185 e. The predicted molar refractivity (Wildman–Crippen MR) is 95.0 cm³/mol. The average molecular weight is 354 g/mol. The Labute approximate surface area is 150 Å². The first-order valence-corrected chi connectivity index (χ1v) is 8.52. The van der Waals surface area contributed by atoms with Crippen molar-refractivity contribution in [2.24, 2.45) is 0 Å². The van der Waals surface area contributed by atoms with E-state index in [1.807, 2.05) is 13.1 Å². The maximum absolute atomic E-state index is 13.9. The van der Waals surface area contributed by atoms with E-state index in [0.717, 1.165) is 18.5 Å². The highest BCUT2D eigenvalue weighted by atomic mass is 19.1. The number of phenols is 1. The maximum atomic E-state index is 13.9. The summed E-state index contributed by atoms with van der Waals surface area (Å²) in [6, 6.07) is 5.01. The normalized spacial score (nSPS) is 19.6. The lowest BCUT2D eigenvalue weighted by Crippen LogP contribution is -2.36. The zero-order valence-corrected chi connectivity index (χ0v) is 14.3. The zero-order chi connectivity index (χ0) is 18.1. The van der Waals surface area contributed by atoms with E-state index in [1.54, 1.807) is 46.5 Å². The number of rotatable bonds is 4. The highest BCUT2D eigenvalue weighted by Crippen LogP contribution is 2.30. The first-order chi connectivity index (χ1) is 12.6. The van der Waals surface area contributed by atoms with Crippen LogP contribution in [0, 0.1) is 0 Å². The molecule has 0 unspecified atom stereocenters. The summed E-state index contributed by atoms with van der Waals surface area (Å²) >= 11 is 0. The molecule has 3 aromatic rings. The number of halogens is 1. The van der Waals surface area contributed by atoms with Crippen LogP contribution < -0.4 is 4.90 Å². The summed E-state index contributed by atoms with van der Waals surface area (Å²) in [7, 11) is 1.81.